The molecule has 6 heteroatoms. The number of hydrogen-bond acceptors (Lipinski definition) is 3. The van der Waals surface area contributed by atoms with Gasteiger partial charge in [-0.05, 0) is 31.9 Å². The molecule has 0 spiro atoms. The third kappa shape index (κ3) is 3.82. The molecule has 0 radical (unpaired) electrons. The van der Waals surface area contributed by atoms with Gasteiger partial charge in [0.25, 0.3) is 0 Å². The topological polar surface area (TPSA) is 78.4 Å². The van der Waals surface area contributed by atoms with Gasteiger partial charge in [0.2, 0.25) is 0 Å². The fourth-order valence-corrected chi connectivity index (χ4v) is 2.77. The highest BCUT2D eigenvalue weighted by atomic mass is 19.1. The molecule has 3 N–H and O–H groups in total. The third-order valence-electron chi connectivity index (χ3n) is 4.18. The predicted molar refractivity (Wildman–Crippen MR) is 80.7 cm³/mol. The zero-order chi connectivity index (χ0) is 16.1. The number of anilines is 1. The van der Waals surface area contributed by atoms with Crippen LogP contribution in [0.2, 0.25) is 0 Å². The van der Waals surface area contributed by atoms with Crippen molar-refractivity contribution in [3.63, 3.8) is 0 Å². The van der Waals surface area contributed by atoms with E-state index in [1.165, 1.54) is 19.1 Å². The fraction of sp³-hybridized carbons (Fsp3) is 0.500. The highest BCUT2D eigenvalue weighted by Crippen LogP contribution is 2.24. The number of aliphatic hydroxyl groups excluding tert-OH is 1. The van der Waals surface area contributed by atoms with Gasteiger partial charge in [-0.2, -0.15) is 0 Å². The van der Waals surface area contributed by atoms with Crippen molar-refractivity contribution in [1.29, 1.82) is 0 Å². The van der Waals surface area contributed by atoms with Crippen LogP contribution >= 0.6 is 0 Å². The van der Waals surface area contributed by atoms with E-state index >= 15 is 0 Å². The van der Waals surface area contributed by atoms with Crippen molar-refractivity contribution in [1.82, 2.24) is 5.32 Å². The Labute approximate surface area is 128 Å². The second-order valence-electron chi connectivity index (χ2n) is 5.67. The summed E-state index contributed by atoms with van der Waals surface area (Å²) in [6.07, 6.45) is 3.58. The molecule has 0 aromatic heterocycles. The Morgan fingerprint density at radius 3 is 2.73 bits per heavy atom. The molecule has 1 fully saturated rings. The summed E-state index contributed by atoms with van der Waals surface area (Å²) in [7, 11) is 0. The molecule has 1 aromatic rings. The van der Waals surface area contributed by atoms with Crippen LogP contribution in [-0.2, 0) is 9.59 Å². The number of benzene rings is 1. The van der Waals surface area contributed by atoms with Crippen molar-refractivity contribution >= 4 is 17.5 Å². The summed E-state index contributed by atoms with van der Waals surface area (Å²) in [5.74, 6) is -2.03. The van der Waals surface area contributed by atoms with Crippen LogP contribution in [0.15, 0.2) is 18.2 Å². The number of amides is 2. The maximum absolute atomic E-state index is 13.4. The average molecular weight is 308 g/mol. The summed E-state index contributed by atoms with van der Waals surface area (Å²) in [6, 6.07) is 4.11. The van der Waals surface area contributed by atoms with Gasteiger partial charge in [-0.15, -0.1) is 0 Å². The van der Waals surface area contributed by atoms with Crippen LogP contribution in [0.1, 0.15) is 31.2 Å². The summed E-state index contributed by atoms with van der Waals surface area (Å²) >= 11 is 0. The Hall–Kier alpha value is -1.95. The molecule has 0 heterocycles. The van der Waals surface area contributed by atoms with Crippen molar-refractivity contribution < 1.29 is 19.1 Å². The number of aliphatic hydroxyl groups is 1. The minimum absolute atomic E-state index is 0.00439. The molecule has 5 nitrogen and oxygen atoms in total. The SMILES string of the molecule is Cc1c(F)cccc1NC(=O)C(=O)NC1CCCCC1CO. The van der Waals surface area contributed by atoms with E-state index in [-0.39, 0.29) is 29.8 Å². The van der Waals surface area contributed by atoms with Gasteiger partial charge in [0, 0.05) is 29.8 Å². The van der Waals surface area contributed by atoms with Gasteiger partial charge in [-0.3, -0.25) is 9.59 Å². The van der Waals surface area contributed by atoms with E-state index in [0.717, 1.165) is 25.7 Å². The summed E-state index contributed by atoms with van der Waals surface area (Å²) in [6.45, 7) is 1.53. The van der Waals surface area contributed by atoms with Crippen LogP contribution in [0.5, 0.6) is 0 Å². The zero-order valence-electron chi connectivity index (χ0n) is 12.6. The number of carbonyl (C=O) groups is 2. The minimum Gasteiger partial charge on any atom is -0.396 e. The maximum Gasteiger partial charge on any atom is 0.313 e. The highest BCUT2D eigenvalue weighted by Gasteiger charge is 2.28. The Kier molecular flexibility index (Phi) is 5.49. The van der Waals surface area contributed by atoms with E-state index in [1.807, 2.05) is 0 Å². The lowest BCUT2D eigenvalue weighted by Crippen LogP contribution is -2.47. The lowest BCUT2D eigenvalue weighted by Gasteiger charge is -2.30. The third-order valence-corrected chi connectivity index (χ3v) is 4.18. The first-order chi connectivity index (χ1) is 10.5. The molecule has 1 aliphatic carbocycles. The van der Waals surface area contributed by atoms with Crippen molar-refractivity contribution in [3.05, 3.63) is 29.6 Å². The fourth-order valence-electron chi connectivity index (χ4n) is 2.77. The van der Waals surface area contributed by atoms with Crippen LogP contribution in [0, 0.1) is 18.7 Å². The van der Waals surface area contributed by atoms with E-state index in [0.29, 0.717) is 0 Å². The van der Waals surface area contributed by atoms with Crippen molar-refractivity contribution in [2.45, 2.75) is 38.6 Å². The van der Waals surface area contributed by atoms with Crippen LogP contribution < -0.4 is 10.6 Å². The Balaban J connectivity index is 1.97. The average Bonchev–Trinajstić information content (AvgIpc) is 2.52. The molecule has 120 valence electrons. The van der Waals surface area contributed by atoms with Gasteiger partial charge in [-0.25, -0.2) is 4.39 Å². The van der Waals surface area contributed by atoms with Crippen LogP contribution in [-0.4, -0.2) is 29.6 Å². The van der Waals surface area contributed by atoms with E-state index in [1.54, 1.807) is 6.07 Å². The molecule has 2 unspecified atom stereocenters. The quantitative estimate of drug-likeness (QED) is 0.744. The standard InChI is InChI=1S/C16H21FN2O3/c1-10-12(17)6-4-8-13(10)18-15(21)16(22)19-14-7-3-2-5-11(14)9-20/h4,6,8,11,14,20H,2-3,5,7,9H2,1H3,(H,18,21)(H,19,22). The van der Waals surface area contributed by atoms with E-state index < -0.39 is 17.6 Å². The Bertz CT molecular complexity index is 562. The molecule has 2 rings (SSSR count). The van der Waals surface area contributed by atoms with Gasteiger partial charge < -0.3 is 15.7 Å². The first kappa shape index (κ1) is 16.4. The molecule has 22 heavy (non-hydrogen) atoms. The minimum atomic E-state index is -0.823. The van der Waals surface area contributed by atoms with Gasteiger partial charge in [-0.1, -0.05) is 18.9 Å². The van der Waals surface area contributed by atoms with E-state index in [2.05, 4.69) is 10.6 Å². The monoisotopic (exact) mass is 308 g/mol. The number of carbonyl (C=O) groups excluding carboxylic acids is 2. The van der Waals surface area contributed by atoms with Crippen LogP contribution in [0.4, 0.5) is 10.1 Å². The van der Waals surface area contributed by atoms with Crippen molar-refractivity contribution in [3.8, 4) is 0 Å². The largest absolute Gasteiger partial charge is 0.396 e. The molecule has 0 bridgehead atoms. The Morgan fingerprint density at radius 1 is 1.27 bits per heavy atom. The highest BCUT2D eigenvalue weighted by molar-refractivity contribution is 6.39. The molecule has 0 aliphatic heterocycles. The van der Waals surface area contributed by atoms with Gasteiger partial charge in [0.15, 0.2) is 0 Å². The molecular weight excluding hydrogens is 287 g/mol. The maximum atomic E-state index is 13.4. The Morgan fingerprint density at radius 2 is 2.00 bits per heavy atom. The normalized spacial score (nSPS) is 21.2. The number of halogens is 1. The van der Waals surface area contributed by atoms with Gasteiger partial charge in [0.1, 0.15) is 5.82 Å². The van der Waals surface area contributed by atoms with Crippen molar-refractivity contribution in [2.24, 2.45) is 5.92 Å². The molecule has 2 amide bonds. The van der Waals surface area contributed by atoms with Crippen molar-refractivity contribution in [2.75, 3.05) is 11.9 Å². The second kappa shape index (κ2) is 7.35. The second-order valence-corrected chi connectivity index (χ2v) is 5.67. The van der Waals surface area contributed by atoms with Crippen LogP contribution in [0.3, 0.4) is 0 Å². The zero-order valence-corrected chi connectivity index (χ0v) is 12.6. The summed E-state index contributed by atoms with van der Waals surface area (Å²) in [5.41, 5.74) is 0.567. The lowest BCUT2D eigenvalue weighted by molar-refractivity contribution is -0.137. The van der Waals surface area contributed by atoms with Crippen LogP contribution in [0.25, 0.3) is 0 Å². The molecule has 0 saturated heterocycles. The number of rotatable bonds is 3. The molecule has 1 aliphatic rings. The first-order valence-corrected chi connectivity index (χ1v) is 7.50. The smallest absolute Gasteiger partial charge is 0.313 e. The lowest BCUT2D eigenvalue weighted by atomic mass is 9.85. The predicted octanol–water partition coefficient (Wildman–Crippen LogP) is 1.74. The summed E-state index contributed by atoms with van der Waals surface area (Å²) in [5, 5.41) is 14.4. The number of hydrogen-bond donors (Lipinski definition) is 3. The van der Waals surface area contributed by atoms with Gasteiger partial charge >= 0.3 is 11.8 Å². The van der Waals surface area contributed by atoms with Gasteiger partial charge in [0.05, 0.1) is 0 Å². The van der Waals surface area contributed by atoms with E-state index in [9.17, 15) is 19.1 Å². The number of nitrogens with one attached hydrogen (secondary N) is 2. The molecule has 1 saturated carbocycles. The summed E-state index contributed by atoms with van der Waals surface area (Å²) in [4.78, 5) is 23.9. The molecule has 2 atom stereocenters. The molecule has 1 aromatic carbocycles. The molecular formula is C16H21FN2O3. The first-order valence-electron chi connectivity index (χ1n) is 7.50. The van der Waals surface area contributed by atoms with E-state index in [4.69, 9.17) is 0 Å². The summed E-state index contributed by atoms with van der Waals surface area (Å²) < 4.78 is 13.4.